The Labute approximate surface area is 180 Å². The van der Waals surface area contributed by atoms with Gasteiger partial charge in [-0.15, -0.1) is 0 Å². The fourth-order valence-corrected chi connectivity index (χ4v) is 3.65. The van der Waals surface area contributed by atoms with E-state index in [2.05, 4.69) is 15.3 Å². The van der Waals surface area contributed by atoms with Gasteiger partial charge in [0.05, 0.1) is 24.0 Å². The molecule has 6 heteroatoms. The summed E-state index contributed by atoms with van der Waals surface area (Å²) in [7, 11) is 0. The van der Waals surface area contributed by atoms with E-state index in [9.17, 15) is 14.0 Å². The van der Waals surface area contributed by atoms with E-state index in [0.29, 0.717) is 28.8 Å². The highest BCUT2D eigenvalue weighted by atomic mass is 19.1. The van der Waals surface area contributed by atoms with Crippen molar-refractivity contribution in [1.29, 1.82) is 0 Å². The number of nitrogens with zero attached hydrogens (tertiary/aromatic N) is 2. The Morgan fingerprint density at radius 1 is 1.06 bits per heavy atom. The molecule has 1 aliphatic carbocycles. The molecule has 2 heterocycles. The summed E-state index contributed by atoms with van der Waals surface area (Å²) in [4.78, 5) is 32.8. The lowest BCUT2D eigenvalue weighted by Crippen LogP contribution is -2.15. The van der Waals surface area contributed by atoms with Crippen LogP contribution in [0.5, 0.6) is 0 Å². The zero-order chi connectivity index (χ0) is 22.1. The number of amides is 1. The first-order valence-electron chi connectivity index (χ1n) is 10.0. The van der Waals surface area contributed by atoms with Gasteiger partial charge in [-0.2, -0.15) is 0 Å². The molecule has 0 spiro atoms. The molecule has 0 fully saturated rings. The van der Waals surface area contributed by atoms with E-state index in [1.165, 1.54) is 13.0 Å². The van der Waals surface area contributed by atoms with E-state index < -0.39 is 5.82 Å². The van der Waals surface area contributed by atoms with E-state index in [4.69, 9.17) is 0 Å². The predicted octanol–water partition coefficient (Wildman–Crippen LogP) is 4.61. The molecule has 1 aromatic carbocycles. The van der Waals surface area contributed by atoms with Crippen LogP contribution >= 0.6 is 0 Å². The zero-order valence-electron chi connectivity index (χ0n) is 17.6. The number of anilines is 1. The number of pyridine rings is 2. The molecule has 1 amide bonds. The lowest BCUT2D eigenvalue weighted by molar-refractivity contribution is -0.115. The van der Waals surface area contributed by atoms with E-state index >= 15 is 0 Å². The van der Waals surface area contributed by atoms with Crippen LogP contribution in [0.3, 0.4) is 0 Å². The fraction of sp³-hybridized carbons (Fsp3) is 0.200. The summed E-state index contributed by atoms with van der Waals surface area (Å²) in [5, 5.41) is 2.76. The van der Waals surface area contributed by atoms with Crippen molar-refractivity contribution in [2.45, 2.75) is 33.6 Å². The molecule has 0 saturated heterocycles. The summed E-state index contributed by atoms with van der Waals surface area (Å²) >= 11 is 0. The van der Waals surface area contributed by atoms with Crippen LogP contribution in [0.25, 0.3) is 16.7 Å². The molecule has 0 saturated carbocycles. The number of allylic oxidation sites excluding steroid dienone is 2. The standard InChI is InChI=1S/C25H22FN3O2/c1-14-8-20(13-27-15(14)2)29-25(31)11-18-5-4-17(10-23(18)26)19-9-22-21(16(3)30)6-7-24(22)28-12-19/h4-6,8-10,12-13H,7,11H2,1-3H3,(H,29,31). The van der Waals surface area contributed by atoms with Crippen LogP contribution in [0.2, 0.25) is 0 Å². The molecule has 31 heavy (non-hydrogen) atoms. The molecule has 0 bridgehead atoms. The number of aromatic nitrogens is 2. The molecule has 1 aliphatic rings. The van der Waals surface area contributed by atoms with Crippen LogP contribution in [0.15, 0.2) is 48.8 Å². The number of aryl methyl sites for hydroxylation is 2. The largest absolute Gasteiger partial charge is 0.324 e. The highest BCUT2D eigenvalue weighted by Gasteiger charge is 2.20. The van der Waals surface area contributed by atoms with E-state index in [1.807, 2.05) is 32.1 Å². The van der Waals surface area contributed by atoms with Crippen LogP contribution in [0.1, 0.15) is 35.0 Å². The van der Waals surface area contributed by atoms with Gasteiger partial charge in [-0.3, -0.25) is 19.6 Å². The highest BCUT2D eigenvalue weighted by molar-refractivity contribution is 6.21. The number of fused-ring (bicyclic) bond motifs is 1. The van der Waals surface area contributed by atoms with E-state index in [1.54, 1.807) is 24.5 Å². The van der Waals surface area contributed by atoms with Crippen molar-refractivity contribution in [2.75, 3.05) is 5.32 Å². The lowest BCUT2D eigenvalue weighted by atomic mass is 9.99. The van der Waals surface area contributed by atoms with Crippen molar-refractivity contribution in [3.05, 3.63) is 82.7 Å². The molecule has 156 valence electrons. The second kappa shape index (κ2) is 8.22. The predicted molar refractivity (Wildman–Crippen MR) is 118 cm³/mol. The molecule has 2 aromatic heterocycles. The maximum atomic E-state index is 14.8. The van der Waals surface area contributed by atoms with Crippen molar-refractivity contribution in [3.63, 3.8) is 0 Å². The number of hydrogen-bond acceptors (Lipinski definition) is 4. The zero-order valence-corrected chi connectivity index (χ0v) is 17.6. The van der Waals surface area contributed by atoms with Crippen molar-refractivity contribution in [2.24, 2.45) is 0 Å². The molecule has 0 unspecified atom stereocenters. The number of ketones is 1. The number of nitrogens with one attached hydrogen (secondary N) is 1. The van der Waals surface area contributed by atoms with Gasteiger partial charge in [0.1, 0.15) is 5.82 Å². The van der Waals surface area contributed by atoms with Crippen LogP contribution in [0, 0.1) is 19.7 Å². The summed E-state index contributed by atoms with van der Waals surface area (Å²) < 4.78 is 14.8. The van der Waals surface area contributed by atoms with Crippen LogP contribution < -0.4 is 5.32 Å². The molecule has 5 nitrogen and oxygen atoms in total. The Morgan fingerprint density at radius 3 is 2.58 bits per heavy atom. The quantitative estimate of drug-likeness (QED) is 0.661. The number of rotatable bonds is 5. The summed E-state index contributed by atoms with van der Waals surface area (Å²) in [5.74, 6) is -0.787. The number of carbonyl (C=O) groups is 2. The van der Waals surface area contributed by atoms with Gasteiger partial charge < -0.3 is 5.32 Å². The van der Waals surface area contributed by atoms with Gasteiger partial charge in [-0.25, -0.2) is 4.39 Å². The topological polar surface area (TPSA) is 72.0 Å². The first-order chi connectivity index (χ1) is 14.8. The lowest BCUT2D eigenvalue weighted by Gasteiger charge is -2.10. The van der Waals surface area contributed by atoms with Crippen LogP contribution in [-0.4, -0.2) is 21.7 Å². The highest BCUT2D eigenvalue weighted by Crippen LogP contribution is 2.31. The summed E-state index contributed by atoms with van der Waals surface area (Å²) in [6.45, 7) is 5.34. The van der Waals surface area contributed by atoms with Crippen molar-refractivity contribution in [1.82, 2.24) is 9.97 Å². The monoisotopic (exact) mass is 415 g/mol. The molecule has 4 rings (SSSR count). The minimum absolute atomic E-state index is 0.00999. The average molecular weight is 415 g/mol. The third-order valence-electron chi connectivity index (χ3n) is 5.50. The molecule has 3 aromatic rings. The van der Waals surface area contributed by atoms with Crippen molar-refractivity contribution >= 4 is 23.0 Å². The second-order valence-corrected chi connectivity index (χ2v) is 7.75. The Hall–Kier alpha value is -3.67. The molecular weight excluding hydrogens is 393 g/mol. The van der Waals surface area contributed by atoms with Gasteiger partial charge in [0.2, 0.25) is 5.91 Å². The molecule has 0 atom stereocenters. The third-order valence-corrected chi connectivity index (χ3v) is 5.50. The van der Waals surface area contributed by atoms with Crippen LogP contribution in [-0.2, 0) is 22.4 Å². The minimum atomic E-state index is -0.464. The fourth-order valence-electron chi connectivity index (χ4n) is 3.65. The maximum absolute atomic E-state index is 14.8. The smallest absolute Gasteiger partial charge is 0.228 e. The van der Waals surface area contributed by atoms with Crippen molar-refractivity contribution in [3.8, 4) is 11.1 Å². The second-order valence-electron chi connectivity index (χ2n) is 7.75. The minimum Gasteiger partial charge on any atom is -0.324 e. The number of Topliss-reactive ketones (excluding diaryl/α,β-unsaturated/α-hetero) is 1. The van der Waals surface area contributed by atoms with Gasteiger partial charge in [-0.1, -0.05) is 18.2 Å². The Morgan fingerprint density at radius 2 is 1.87 bits per heavy atom. The first kappa shape index (κ1) is 20.6. The number of benzene rings is 1. The molecular formula is C25H22FN3O2. The van der Waals surface area contributed by atoms with Gasteiger partial charge in [0, 0.05) is 35.0 Å². The number of halogens is 1. The summed E-state index contributed by atoms with van der Waals surface area (Å²) in [6.07, 6.45) is 5.69. The summed E-state index contributed by atoms with van der Waals surface area (Å²) in [5.41, 5.74) is 6.43. The van der Waals surface area contributed by atoms with E-state index in [0.717, 1.165) is 28.1 Å². The average Bonchev–Trinajstić information content (AvgIpc) is 3.16. The normalized spacial score (nSPS) is 12.3. The Bertz CT molecular complexity index is 1250. The number of hydrogen-bond donors (Lipinski definition) is 1. The Kier molecular flexibility index (Phi) is 5.46. The Balaban J connectivity index is 1.52. The summed E-state index contributed by atoms with van der Waals surface area (Å²) in [6, 6.07) is 8.48. The van der Waals surface area contributed by atoms with Gasteiger partial charge in [0.25, 0.3) is 0 Å². The third kappa shape index (κ3) is 4.28. The molecule has 0 radical (unpaired) electrons. The molecule has 0 aliphatic heterocycles. The maximum Gasteiger partial charge on any atom is 0.228 e. The first-order valence-corrected chi connectivity index (χ1v) is 10.0. The van der Waals surface area contributed by atoms with Gasteiger partial charge >= 0.3 is 0 Å². The number of carbonyl (C=O) groups excluding carboxylic acids is 2. The van der Waals surface area contributed by atoms with Crippen molar-refractivity contribution < 1.29 is 14.0 Å². The van der Waals surface area contributed by atoms with E-state index in [-0.39, 0.29) is 18.1 Å². The van der Waals surface area contributed by atoms with Crippen LogP contribution in [0.4, 0.5) is 10.1 Å². The SMILES string of the molecule is CC(=O)C1=CCc2ncc(-c3ccc(CC(=O)Nc4cnc(C)c(C)c4)c(F)c3)cc21. The van der Waals surface area contributed by atoms with Gasteiger partial charge in [0.15, 0.2) is 5.78 Å². The molecule has 1 N–H and O–H groups in total. The van der Waals surface area contributed by atoms with Gasteiger partial charge in [-0.05, 0) is 55.7 Å².